The lowest BCUT2D eigenvalue weighted by Crippen LogP contribution is -2.24. The zero-order valence-electron chi connectivity index (χ0n) is 13.3. The molecule has 23 heavy (non-hydrogen) atoms. The Balaban J connectivity index is 2.32. The fourth-order valence-electron chi connectivity index (χ4n) is 2.12. The molecule has 0 saturated heterocycles. The average molecular weight is 337 g/mol. The molecule has 0 fully saturated rings. The molecule has 1 heterocycles. The molecule has 0 atom stereocenters. The molecule has 1 aliphatic heterocycles. The van der Waals surface area contributed by atoms with Crippen LogP contribution in [0.25, 0.3) is 5.57 Å². The predicted molar refractivity (Wildman–Crippen MR) is 87.4 cm³/mol. The largest absolute Gasteiger partial charge is 0.466 e. The van der Waals surface area contributed by atoms with E-state index >= 15 is 0 Å². The van der Waals surface area contributed by atoms with E-state index in [-0.39, 0.29) is 17.2 Å². The maximum atomic E-state index is 12.6. The molecule has 1 aromatic rings. The van der Waals surface area contributed by atoms with Crippen LogP contribution >= 0.6 is 0 Å². The van der Waals surface area contributed by atoms with E-state index in [2.05, 4.69) is 9.89 Å². The molecule has 7 heteroatoms. The van der Waals surface area contributed by atoms with Gasteiger partial charge in [0, 0.05) is 12.5 Å². The van der Waals surface area contributed by atoms with Gasteiger partial charge in [0.25, 0.3) is 0 Å². The van der Waals surface area contributed by atoms with Crippen molar-refractivity contribution in [2.24, 2.45) is 5.16 Å². The quantitative estimate of drug-likeness (QED) is 0.621. The summed E-state index contributed by atoms with van der Waals surface area (Å²) in [4.78, 5) is 16.7. The lowest BCUT2D eigenvalue weighted by molar-refractivity contribution is -0.134. The summed E-state index contributed by atoms with van der Waals surface area (Å²) < 4.78 is 29.8. The van der Waals surface area contributed by atoms with Crippen LogP contribution in [-0.4, -0.2) is 37.9 Å². The van der Waals surface area contributed by atoms with Gasteiger partial charge >= 0.3 is 5.97 Å². The Hall–Kier alpha value is -2.15. The molecule has 0 spiro atoms. The van der Waals surface area contributed by atoms with E-state index in [1.165, 1.54) is 13.2 Å². The van der Waals surface area contributed by atoms with E-state index in [1.807, 2.05) is 6.07 Å². The number of hydrogen-bond donors (Lipinski definition) is 0. The molecule has 6 nitrogen and oxygen atoms in total. The van der Waals surface area contributed by atoms with Crippen molar-refractivity contribution < 1.29 is 22.8 Å². The van der Waals surface area contributed by atoms with Crippen molar-refractivity contribution in [3.8, 4) is 0 Å². The molecule has 0 radical (unpaired) electrons. The van der Waals surface area contributed by atoms with Gasteiger partial charge in [-0.25, -0.2) is 13.2 Å². The molecule has 0 N–H and O–H groups in total. The second kappa shape index (κ2) is 6.54. The summed E-state index contributed by atoms with van der Waals surface area (Å²) in [5, 5.41) is 3.69. The van der Waals surface area contributed by atoms with Crippen LogP contribution in [0.2, 0.25) is 0 Å². The number of sulfone groups is 1. The van der Waals surface area contributed by atoms with Crippen LogP contribution in [0.15, 0.2) is 41.6 Å². The van der Waals surface area contributed by atoms with Gasteiger partial charge in [-0.05, 0) is 25.0 Å². The third-order valence-corrected chi connectivity index (χ3v) is 4.94. The highest BCUT2D eigenvalue weighted by Crippen LogP contribution is 2.27. The number of carbonyl (C=O) groups is 1. The molecule has 0 aromatic heterocycles. The number of carbonyl (C=O) groups excluding carboxylic acids is 1. The number of methoxy groups -OCH3 is 1. The minimum atomic E-state index is -3.68. The van der Waals surface area contributed by atoms with Crippen molar-refractivity contribution >= 4 is 26.4 Å². The van der Waals surface area contributed by atoms with Crippen LogP contribution in [0, 0.1) is 0 Å². The number of rotatable bonds is 4. The van der Waals surface area contributed by atoms with Gasteiger partial charge in [0.2, 0.25) is 0 Å². The van der Waals surface area contributed by atoms with Gasteiger partial charge < -0.3 is 9.57 Å². The Labute approximate surface area is 135 Å². The molecule has 2 rings (SSSR count). The fourth-order valence-corrected chi connectivity index (χ4v) is 3.66. The molecular formula is C16H19NO5S. The SMILES string of the molecule is COC(=O)/C=C(\CS(=O)(=O)C1=NOC(C)(C)C1)c1ccccc1. The first kappa shape index (κ1) is 17.2. The first-order valence-corrected chi connectivity index (χ1v) is 8.70. The monoisotopic (exact) mass is 337 g/mol. The lowest BCUT2D eigenvalue weighted by Gasteiger charge is -2.13. The van der Waals surface area contributed by atoms with E-state index in [0.717, 1.165) is 0 Å². The fraction of sp³-hybridized carbons (Fsp3) is 0.375. The molecule has 124 valence electrons. The van der Waals surface area contributed by atoms with Crippen molar-refractivity contribution in [1.29, 1.82) is 0 Å². The first-order valence-electron chi connectivity index (χ1n) is 7.05. The van der Waals surface area contributed by atoms with E-state index in [9.17, 15) is 13.2 Å². The molecule has 0 saturated carbocycles. The minimum absolute atomic E-state index is 0.00537. The van der Waals surface area contributed by atoms with Crippen LogP contribution < -0.4 is 0 Å². The van der Waals surface area contributed by atoms with Gasteiger partial charge in [-0.15, -0.1) is 0 Å². The Kier molecular flexibility index (Phi) is 4.89. The van der Waals surface area contributed by atoms with Gasteiger partial charge in [-0.2, -0.15) is 0 Å². The van der Waals surface area contributed by atoms with Crippen LogP contribution in [0.3, 0.4) is 0 Å². The topological polar surface area (TPSA) is 82.0 Å². The molecule has 1 aromatic carbocycles. The number of benzene rings is 1. The lowest BCUT2D eigenvalue weighted by atomic mass is 10.1. The summed E-state index contributed by atoms with van der Waals surface area (Å²) in [6.07, 6.45) is 1.39. The second-order valence-corrected chi connectivity index (χ2v) is 7.82. The molecular weight excluding hydrogens is 318 g/mol. The highest BCUT2D eigenvalue weighted by atomic mass is 32.2. The van der Waals surface area contributed by atoms with Gasteiger partial charge in [-0.3, -0.25) is 0 Å². The van der Waals surface area contributed by atoms with Crippen molar-refractivity contribution in [2.75, 3.05) is 12.9 Å². The number of ether oxygens (including phenoxy) is 1. The second-order valence-electron chi connectivity index (χ2n) is 5.83. The minimum Gasteiger partial charge on any atom is -0.466 e. The summed E-state index contributed by atoms with van der Waals surface area (Å²) in [5.74, 6) is -0.950. The highest BCUT2D eigenvalue weighted by Gasteiger charge is 2.36. The van der Waals surface area contributed by atoms with E-state index in [0.29, 0.717) is 11.1 Å². The predicted octanol–water partition coefficient (Wildman–Crippen LogP) is 2.17. The van der Waals surface area contributed by atoms with Gasteiger partial charge in [0.1, 0.15) is 5.60 Å². The molecule has 0 bridgehead atoms. The maximum Gasteiger partial charge on any atom is 0.330 e. The summed E-state index contributed by atoms with van der Waals surface area (Å²) >= 11 is 0. The van der Waals surface area contributed by atoms with Crippen molar-refractivity contribution in [1.82, 2.24) is 0 Å². The van der Waals surface area contributed by atoms with E-state index in [1.54, 1.807) is 38.1 Å². The number of nitrogens with zero attached hydrogens (tertiary/aromatic N) is 1. The third kappa shape index (κ3) is 4.41. The van der Waals surface area contributed by atoms with Crippen LogP contribution in [0.4, 0.5) is 0 Å². The number of esters is 1. The molecule has 0 aliphatic carbocycles. The zero-order chi connectivity index (χ0) is 17.1. The van der Waals surface area contributed by atoms with Gasteiger partial charge in [-0.1, -0.05) is 35.5 Å². The smallest absolute Gasteiger partial charge is 0.330 e. The number of hydrogen-bond acceptors (Lipinski definition) is 6. The average Bonchev–Trinajstić information content (AvgIpc) is 2.88. The number of oxime groups is 1. The van der Waals surface area contributed by atoms with Crippen molar-refractivity contribution in [2.45, 2.75) is 25.9 Å². The third-order valence-electron chi connectivity index (χ3n) is 3.31. The molecule has 0 unspecified atom stereocenters. The van der Waals surface area contributed by atoms with E-state index in [4.69, 9.17) is 4.84 Å². The Morgan fingerprint density at radius 3 is 2.52 bits per heavy atom. The standard InChI is InChI=1S/C16H19NO5S/c1-16(2)10-14(17-22-16)23(19,20)11-13(9-15(18)21-3)12-7-5-4-6-8-12/h4-9H,10-11H2,1-3H3/b13-9+. The normalized spacial score (nSPS) is 17.3. The highest BCUT2D eigenvalue weighted by molar-refractivity contribution is 8.06. The molecule has 0 amide bonds. The maximum absolute atomic E-state index is 12.6. The van der Waals surface area contributed by atoms with Crippen molar-refractivity contribution in [3.05, 3.63) is 42.0 Å². The summed E-state index contributed by atoms with van der Waals surface area (Å²) in [7, 11) is -2.44. The zero-order valence-corrected chi connectivity index (χ0v) is 14.1. The van der Waals surface area contributed by atoms with Crippen molar-refractivity contribution in [3.63, 3.8) is 0 Å². The van der Waals surface area contributed by atoms with Gasteiger partial charge in [0.15, 0.2) is 14.9 Å². The van der Waals surface area contributed by atoms with Crippen LogP contribution in [0.1, 0.15) is 25.8 Å². The summed E-state index contributed by atoms with van der Waals surface area (Å²) in [6, 6.07) is 8.83. The summed E-state index contributed by atoms with van der Waals surface area (Å²) in [6.45, 7) is 3.53. The van der Waals surface area contributed by atoms with E-state index < -0.39 is 21.4 Å². The van der Waals surface area contributed by atoms with Crippen LogP contribution in [0.5, 0.6) is 0 Å². The van der Waals surface area contributed by atoms with Crippen LogP contribution in [-0.2, 0) is 24.2 Å². The molecule has 1 aliphatic rings. The first-order chi connectivity index (χ1) is 10.7. The Morgan fingerprint density at radius 1 is 1.35 bits per heavy atom. The Morgan fingerprint density at radius 2 is 2.00 bits per heavy atom. The Bertz CT molecular complexity index is 748. The van der Waals surface area contributed by atoms with Gasteiger partial charge in [0.05, 0.1) is 12.9 Å². The summed E-state index contributed by atoms with van der Waals surface area (Å²) in [5.41, 5.74) is 0.353.